The summed E-state index contributed by atoms with van der Waals surface area (Å²) in [5, 5.41) is 0. The molecule has 0 saturated heterocycles. The SMILES string of the molecule is CN(C)C=O.F.O. The van der Waals surface area contributed by atoms with Gasteiger partial charge in [0, 0.05) is 14.1 Å². The number of carbonyl (C=O) groups is 1. The maximum atomic E-state index is 9.43. The first-order chi connectivity index (χ1) is 2.27. The minimum atomic E-state index is 0. The zero-order chi connectivity index (χ0) is 4.28. The number of hydrogen-bond donors (Lipinski definition) is 0. The Morgan fingerprint density at radius 1 is 1.43 bits per heavy atom. The van der Waals surface area contributed by atoms with Crippen molar-refractivity contribution in [3.63, 3.8) is 0 Å². The summed E-state index contributed by atoms with van der Waals surface area (Å²) in [6.45, 7) is 0. The predicted octanol–water partition coefficient (Wildman–Crippen LogP) is -0.968. The lowest BCUT2D eigenvalue weighted by molar-refractivity contribution is -0.115. The molecule has 7 heavy (non-hydrogen) atoms. The normalized spacial score (nSPS) is 4.86. The third-order valence-electron chi connectivity index (χ3n) is 0.211. The summed E-state index contributed by atoms with van der Waals surface area (Å²) in [5.41, 5.74) is 0. The van der Waals surface area contributed by atoms with Crippen molar-refractivity contribution in [3.8, 4) is 0 Å². The molecule has 0 saturated carbocycles. The topological polar surface area (TPSA) is 51.8 Å². The smallest absolute Gasteiger partial charge is 0.209 e. The summed E-state index contributed by atoms with van der Waals surface area (Å²) >= 11 is 0. The van der Waals surface area contributed by atoms with Gasteiger partial charge in [-0.3, -0.25) is 9.50 Å². The molecule has 0 radical (unpaired) electrons. The van der Waals surface area contributed by atoms with Crippen molar-refractivity contribution in [1.29, 1.82) is 0 Å². The van der Waals surface area contributed by atoms with Crippen LogP contribution in [0.15, 0.2) is 0 Å². The van der Waals surface area contributed by atoms with Crippen molar-refractivity contribution >= 4 is 6.41 Å². The van der Waals surface area contributed by atoms with E-state index in [9.17, 15) is 4.79 Å². The zero-order valence-electron chi connectivity index (χ0n) is 4.34. The van der Waals surface area contributed by atoms with Gasteiger partial charge in [0.25, 0.3) is 0 Å². The van der Waals surface area contributed by atoms with Gasteiger partial charge in [-0.15, -0.1) is 0 Å². The largest absolute Gasteiger partial charge is 0.412 e. The van der Waals surface area contributed by atoms with Crippen LogP contribution in [0.3, 0.4) is 0 Å². The molecule has 0 aliphatic rings. The van der Waals surface area contributed by atoms with Gasteiger partial charge in [0.1, 0.15) is 0 Å². The minimum absolute atomic E-state index is 0. The number of nitrogens with zero attached hydrogens (tertiary/aromatic N) is 1. The molecule has 2 N–H and O–H groups in total. The van der Waals surface area contributed by atoms with E-state index in [4.69, 9.17) is 0 Å². The Hall–Kier alpha value is -0.640. The fourth-order valence-corrected chi connectivity index (χ4v) is 0. The molecule has 0 aliphatic heterocycles. The average Bonchev–Trinajstić information content (AvgIpc) is 1.38. The highest BCUT2D eigenvalue weighted by Crippen LogP contribution is 1.52. The van der Waals surface area contributed by atoms with Crippen LogP contribution in [0.4, 0.5) is 4.70 Å². The van der Waals surface area contributed by atoms with Crippen LogP contribution < -0.4 is 0 Å². The Bertz CT molecular complexity index is 39.9. The summed E-state index contributed by atoms with van der Waals surface area (Å²) in [4.78, 5) is 10.9. The lowest BCUT2D eigenvalue weighted by Gasteiger charge is -1.93. The van der Waals surface area contributed by atoms with Gasteiger partial charge in [-0.05, 0) is 0 Å². The van der Waals surface area contributed by atoms with Crippen LogP contribution in [-0.2, 0) is 4.79 Å². The quantitative estimate of drug-likeness (QED) is 0.402. The molecule has 46 valence electrons. The van der Waals surface area contributed by atoms with Crippen LogP contribution in [0.1, 0.15) is 0 Å². The van der Waals surface area contributed by atoms with Crippen molar-refractivity contribution in [2.24, 2.45) is 0 Å². The third-order valence-corrected chi connectivity index (χ3v) is 0.211. The van der Waals surface area contributed by atoms with E-state index in [2.05, 4.69) is 0 Å². The number of rotatable bonds is 1. The van der Waals surface area contributed by atoms with Gasteiger partial charge in [-0.1, -0.05) is 0 Å². The molecule has 0 aromatic rings. The van der Waals surface area contributed by atoms with Gasteiger partial charge < -0.3 is 10.4 Å². The van der Waals surface area contributed by atoms with Crippen molar-refractivity contribution in [2.45, 2.75) is 0 Å². The van der Waals surface area contributed by atoms with E-state index in [0.717, 1.165) is 6.41 Å². The van der Waals surface area contributed by atoms with Gasteiger partial charge in [0.05, 0.1) is 0 Å². The Kier molecular flexibility index (Phi) is 20.9. The summed E-state index contributed by atoms with van der Waals surface area (Å²) < 4.78 is 0. The Morgan fingerprint density at radius 3 is 1.57 bits per heavy atom. The molecule has 4 heteroatoms. The number of amides is 1. The van der Waals surface area contributed by atoms with E-state index in [1.807, 2.05) is 0 Å². The Balaban J connectivity index is -0.0000000800. The van der Waals surface area contributed by atoms with E-state index in [1.165, 1.54) is 4.90 Å². The molecule has 0 bridgehead atoms. The standard InChI is InChI=1S/C3H7NO.FH.H2O/c1-4(2)3-5;;/h3H,1-2H3;1H;1H2. The molecule has 3 nitrogen and oxygen atoms in total. The summed E-state index contributed by atoms with van der Waals surface area (Å²) in [6, 6.07) is 0. The van der Waals surface area contributed by atoms with Gasteiger partial charge in [0.15, 0.2) is 0 Å². The first-order valence-electron chi connectivity index (χ1n) is 1.39. The molecule has 0 unspecified atom stereocenters. The minimum Gasteiger partial charge on any atom is -0.412 e. The maximum absolute atomic E-state index is 9.43. The van der Waals surface area contributed by atoms with Crippen LogP contribution in [0.2, 0.25) is 0 Å². The van der Waals surface area contributed by atoms with Crippen LogP contribution in [0.5, 0.6) is 0 Å². The van der Waals surface area contributed by atoms with Crippen LogP contribution in [0, 0.1) is 0 Å². The Morgan fingerprint density at radius 2 is 1.57 bits per heavy atom. The summed E-state index contributed by atoms with van der Waals surface area (Å²) in [5.74, 6) is 0. The lowest BCUT2D eigenvalue weighted by atomic mass is 11.0. The Labute approximate surface area is 41.6 Å². The van der Waals surface area contributed by atoms with Crippen molar-refractivity contribution in [3.05, 3.63) is 0 Å². The van der Waals surface area contributed by atoms with Crippen LogP contribution in [0.25, 0.3) is 0 Å². The van der Waals surface area contributed by atoms with E-state index in [1.54, 1.807) is 14.1 Å². The summed E-state index contributed by atoms with van der Waals surface area (Å²) in [6.07, 6.45) is 0.750. The molecule has 1 amide bonds. The molecule has 0 spiro atoms. The monoisotopic (exact) mass is 111 g/mol. The number of hydrogen-bond acceptors (Lipinski definition) is 1. The average molecular weight is 111 g/mol. The molecule has 0 fully saturated rings. The van der Waals surface area contributed by atoms with E-state index < -0.39 is 0 Å². The molecular weight excluding hydrogens is 101 g/mol. The second-order valence-corrected chi connectivity index (χ2v) is 1.07. The lowest BCUT2D eigenvalue weighted by Crippen LogP contribution is -2.06. The second kappa shape index (κ2) is 9.03. The van der Waals surface area contributed by atoms with E-state index >= 15 is 0 Å². The van der Waals surface area contributed by atoms with Gasteiger partial charge >= 0.3 is 0 Å². The van der Waals surface area contributed by atoms with Crippen molar-refractivity contribution < 1.29 is 15.0 Å². The summed E-state index contributed by atoms with van der Waals surface area (Å²) in [7, 11) is 3.38. The zero-order valence-corrected chi connectivity index (χ0v) is 4.34. The molecular formula is C3H10FNO2. The molecule has 0 aromatic carbocycles. The fourth-order valence-electron chi connectivity index (χ4n) is 0. The third kappa shape index (κ3) is 32.7. The molecule has 0 rings (SSSR count). The molecule has 0 aliphatic carbocycles. The fraction of sp³-hybridized carbons (Fsp3) is 0.667. The van der Waals surface area contributed by atoms with Crippen LogP contribution in [-0.4, -0.2) is 30.9 Å². The van der Waals surface area contributed by atoms with Gasteiger partial charge in [-0.2, -0.15) is 0 Å². The first-order valence-corrected chi connectivity index (χ1v) is 1.39. The van der Waals surface area contributed by atoms with Gasteiger partial charge in [0.2, 0.25) is 6.41 Å². The maximum Gasteiger partial charge on any atom is 0.209 e. The molecule has 0 atom stereocenters. The van der Waals surface area contributed by atoms with Crippen LogP contribution >= 0.6 is 0 Å². The van der Waals surface area contributed by atoms with Gasteiger partial charge in [-0.25, -0.2) is 0 Å². The van der Waals surface area contributed by atoms with E-state index in [-0.39, 0.29) is 10.2 Å². The highest BCUT2D eigenvalue weighted by atomic mass is 19.0. The second-order valence-electron chi connectivity index (χ2n) is 1.07. The number of carbonyl (C=O) groups excluding carboxylic acids is 1. The number of halogens is 1. The first kappa shape index (κ1) is 16.2. The predicted molar refractivity (Wildman–Crippen MR) is 25.9 cm³/mol. The molecule has 0 aromatic heterocycles. The highest BCUT2D eigenvalue weighted by molar-refractivity contribution is 5.45. The van der Waals surface area contributed by atoms with E-state index in [0.29, 0.717) is 0 Å². The molecule has 0 heterocycles. The van der Waals surface area contributed by atoms with Crippen molar-refractivity contribution in [2.75, 3.05) is 14.1 Å². The van der Waals surface area contributed by atoms with Crippen molar-refractivity contribution in [1.82, 2.24) is 4.90 Å². The highest BCUT2D eigenvalue weighted by Gasteiger charge is 1.68.